The Kier molecular flexibility index (Phi) is 6.33. The summed E-state index contributed by atoms with van der Waals surface area (Å²) >= 11 is 1.30. The normalized spacial score (nSPS) is 10.7. The van der Waals surface area contributed by atoms with Crippen LogP contribution in [0.2, 0.25) is 0 Å². The van der Waals surface area contributed by atoms with E-state index in [4.69, 9.17) is 4.74 Å². The molecule has 0 aliphatic carbocycles. The number of anilines is 1. The topological polar surface area (TPSA) is 81.4 Å². The lowest BCUT2D eigenvalue weighted by Gasteiger charge is -2.10. The molecule has 25 heavy (non-hydrogen) atoms. The number of benzene rings is 1. The van der Waals surface area contributed by atoms with Crippen molar-refractivity contribution in [2.45, 2.75) is 26.7 Å². The smallest absolute Gasteiger partial charge is 0.236 e. The first-order valence-corrected chi connectivity index (χ1v) is 8.65. The van der Waals surface area contributed by atoms with Gasteiger partial charge in [0, 0.05) is 11.5 Å². The van der Waals surface area contributed by atoms with Gasteiger partial charge in [-0.2, -0.15) is 4.52 Å². The van der Waals surface area contributed by atoms with Crippen LogP contribution in [-0.2, 0) is 4.79 Å². The fourth-order valence-corrected chi connectivity index (χ4v) is 3.22. The van der Waals surface area contributed by atoms with Crippen molar-refractivity contribution < 1.29 is 9.53 Å². The van der Waals surface area contributed by atoms with Gasteiger partial charge in [0.2, 0.25) is 16.0 Å². The summed E-state index contributed by atoms with van der Waals surface area (Å²) in [5.74, 6) is 1.34. The van der Waals surface area contributed by atoms with Crippen LogP contribution in [0.1, 0.15) is 26.7 Å². The predicted octanol–water partition coefficient (Wildman–Crippen LogP) is 3.66. The Bertz CT molecular complexity index is 859. The van der Waals surface area contributed by atoms with Crippen LogP contribution in [0.5, 0.6) is 5.75 Å². The lowest BCUT2D eigenvalue weighted by atomic mass is 10.0. The molecule has 1 amide bonds. The molecule has 0 fully saturated rings. The van der Waals surface area contributed by atoms with Gasteiger partial charge in [-0.05, 0) is 25.0 Å². The minimum Gasteiger partial charge on any atom is -0.497 e. The van der Waals surface area contributed by atoms with Gasteiger partial charge in [-0.25, -0.2) is 0 Å². The van der Waals surface area contributed by atoms with E-state index >= 15 is 0 Å². The Hall–Kier alpha value is -2.19. The van der Waals surface area contributed by atoms with E-state index in [0.29, 0.717) is 15.9 Å². The molecule has 1 N–H and O–H groups in total. The van der Waals surface area contributed by atoms with E-state index in [1.165, 1.54) is 11.3 Å². The Labute approximate surface area is 155 Å². The van der Waals surface area contributed by atoms with Gasteiger partial charge >= 0.3 is 0 Å². The van der Waals surface area contributed by atoms with Gasteiger partial charge in [0.25, 0.3) is 0 Å². The number of methoxy groups -OCH3 is 1. The van der Waals surface area contributed by atoms with Crippen molar-refractivity contribution in [3.05, 3.63) is 24.3 Å². The zero-order valence-electron chi connectivity index (χ0n) is 14.2. The summed E-state index contributed by atoms with van der Waals surface area (Å²) in [4.78, 5) is 12.8. The average molecular weight is 382 g/mol. The Balaban J connectivity index is 0.00000225. The van der Waals surface area contributed by atoms with Crippen molar-refractivity contribution in [3.63, 3.8) is 0 Å². The molecule has 1 aromatic carbocycles. The maximum atomic E-state index is 12.2. The summed E-state index contributed by atoms with van der Waals surface area (Å²) in [6, 6.07) is 7.54. The van der Waals surface area contributed by atoms with Gasteiger partial charge in [0.1, 0.15) is 5.75 Å². The third-order valence-electron chi connectivity index (χ3n) is 3.91. The number of fused-ring (bicyclic) bond motifs is 1. The quantitative estimate of drug-likeness (QED) is 0.704. The summed E-state index contributed by atoms with van der Waals surface area (Å²) in [6.45, 7) is 4.01. The molecule has 0 radical (unpaired) electrons. The second-order valence-electron chi connectivity index (χ2n) is 5.36. The molecule has 9 heteroatoms. The second-order valence-corrected chi connectivity index (χ2v) is 6.32. The largest absolute Gasteiger partial charge is 0.497 e. The summed E-state index contributed by atoms with van der Waals surface area (Å²) in [5.41, 5.74) is 0.852. The van der Waals surface area contributed by atoms with Gasteiger partial charge in [-0.1, -0.05) is 37.3 Å². The third kappa shape index (κ3) is 3.91. The summed E-state index contributed by atoms with van der Waals surface area (Å²) < 4.78 is 6.88. The van der Waals surface area contributed by atoms with Gasteiger partial charge in [-0.15, -0.1) is 27.7 Å². The highest BCUT2D eigenvalue weighted by atomic mass is 35.5. The van der Waals surface area contributed by atoms with Crippen LogP contribution in [-0.4, -0.2) is 32.8 Å². The van der Waals surface area contributed by atoms with E-state index < -0.39 is 0 Å². The lowest BCUT2D eigenvalue weighted by Crippen LogP contribution is -2.21. The summed E-state index contributed by atoms with van der Waals surface area (Å²) in [7, 11) is 1.62. The molecule has 0 atom stereocenters. The molecule has 0 aliphatic heterocycles. The van der Waals surface area contributed by atoms with Crippen molar-refractivity contribution in [2.75, 3.05) is 12.4 Å². The number of nitrogens with one attached hydrogen (secondary N) is 1. The maximum Gasteiger partial charge on any atom is 0.236 e. The Morgan fingerprint density at radius 1 is 1.32 bits per heavy atom. The molecule has 2 heterocycles. The zero-order valence-corrected chi connectivity index (χ0v) is 15.9. The fourth-order valence-electron chi connectivity index (χ4n) is 2.48. The van der Waals surface area contributed by atoms with Crippen LogP contribution < -0.4 is 10.1 Å². The Morgan fingerprint density at radius 3 is 2.76 bits per heavy atom. The number of rotatable bonds is 6. The van der Waals surface area contributed by atoms with Gasteiger partial charge in [0.15, 0.2) is 5.82 Å². The van der Waals surface area contributed by atoms with E-state index in [0.717, 1.165) is 24.2 Å². The van der Waals surface area contributed by atoms with Crippen LogP contribution >= 0.6 is 23.7 Å². The maximum absolute atomic E-state index is 12.2. The molecule has 134 valence electrons. The van der Waals surface area contributed by atoms with Gasteiger partial charge < -0.3 is 10.1 Å². The van der Waals surface area contributed by atoms with Crippen LogP contribution in [0.15, 0.2) is 24.3 Å². The predicted molar refractivity (Wildman–Crippen MR) is 101 cm³/mol. The molecule has 0 unspecified atom stereocenters. The van der Waals surface area contributed by atoms with Crippen molar-refractivity contribution in [3.8, 4) is 17.1 Å². The molecular formula is C16H20ClN5O2S. The van der Waals surface area contributed by atoms with Crippen molar-refractivity contribution in [1.82, 2.24) is 19.8 Å². The summed E-state index contributed by atoms with van der Waals surface area (Å²) in [5, 5.41) is 16.2. The molecule has 0 saturated heterocycles. The first kappa shape index (κ1) is 19.1. The molecule has 7 nitrogen and oxygen atoms in total. The van der Waals surface area contributed by atoms with Crippen molar-refractivity contribution >= 4 is 39.7 Å². The molecule has 0 saturated carbocycles. The first-order valence-electron chi connectivity index (χ1n) is 7.83. The van der Waals surface area contributed by atoms with E-state index in [-0.39, 0.29) is 24.2 Å². The number of hydrogen-bond acceptors (Lipinski definition) is 6. The SMILES string of the molecule is CCC(CC)C(=O)Nc1nn2c(-c3cccc(OC)c3)nnc2s1.Cl. The lowest BCUT2D eigenvalue weighted by molar-refractivity contribution is -0.120. The second kappa shape index (κ2) is 8.26. The Morgan fingerprint density at radius 2 is 2.08 bits per heavy atom. The number of amides is 1. The standard InChI is InChI=1S/C16H19N5O2S.ClH/c1-4-10(5-2)14(22)17-15-20-21-13(18-19-16(21)24-15)11-7-6-8-12(9-11)23-3;/h6-10H,4-5H2,1-3H3,(H,17,20,22);1H. The molecule has 2 aromatic heterocycles. The van der Waals surface area contributed by atoms with Crippen LogP contribution in [0.4, 0.5) is 5.13 Å². The van der Waals surface area contributed by atoms with Crippen LogP contribution in [0.25, 0.3) is 16.3 Å². The van der Waals surface area contributed by atoms with Crippen LogP contribution in [0, 0.1) is 5.92 Å². The molecule has 0 aliphatic rings. The number of halogens is 1. The number of ether oxygens (including phenoxy) is 1. The molecule has 3 rings (SSSR count). The number of aromatic nitrogens is 4. The number of nitrogens with zero attached hydrogens (tertiary/aromatic N) is 4. The molecule has 0 bridgehead atoms. The molecule has 0 spiro atoms. The van der Waals surface area contributed by atoms with E-state index in [9.17, 15) is 4.79 Å². The highest BCUT2D eigenvalue weighted by Crippen LogP contribution is 2.26. The fraction of sp³-hybridized carbons (Fsp3) is 0.375. The highest BCUT2D eigenvalue weighted by molar-refractivity contribution is 7.20. The van der Waals surface area contributed by atoms with E-state index in [1.54, 1.807) is 11.6 Å². The number of carbonyl (C=O) groups is 1. The minimum absolute atomic E-state index is 0. The zero-order chi connectivity index (χ0) is 17.1. The molecule has 3 aromatic rings. The van der Waals surface area contributed by atoms with Crippen LogP contribution in [0.3, 0.4) is 0 Å². The van der Waals surface area contributed by atoms with E-state index in [2.05, 4.69) is 20.6 Å². The molecular weight excluding hydrogens is 362 g/mol. The average Bonchev–Trinajstić information content (AvgIpc) is 3.16. The van der Waals surface area contributed by atoms with Crippen molar-refractivity contribution in [2.24, 2.45) is 5.92 Å². The first-order chi connectivity index (χ1) is 11.7. The van der Waals surface area contributed by atoms with Gasteiger partial charge in [0.05, 0.1) is 7.11 Å². The number of hydrogen-bond donors (Lipinski definition) is 1. The highest BCUT2D eigenvalue weighted by Gasteiger charge is 2.18. The van der Waals surface area contributed by atoms with Crippen molar-refractivity contribution in [1.29, 1.82) is 0 Å². The third-order valence-corrected chi connectivity index (χ3v) is 4.72. The number of carbonyl (C=O) groups excluding carboxylic acids is 1. The monoisotopic (exact) mass is 381 g/mol. The van der Waals surface area contributed by atoms with E-state index in [1.807, 2.05) is 38.1 Å². The summed E-state index contributed by atoms with van der Waals surface area (Å²) in [6.07, 6.45) is 1.61. The van der Waals surface area contributed by atoms with Gasteiger partial charge in [-0.3, -0.25) is 4.79 Å². The minimum atomic E-state index is -0.00658.